The van der Waals surface area contributed by atoms with E-state index < -0.39 is 31.3 Å². The number of nitrogens with zero attached hydrogens (tertiary/aromatic N) is 1. The van der Waals surface area contributed by atoms with Gasteiger partial charge in [-0.3, -0.25) is 10.1 Å². The molecule has 20 heavy (non-hydrogen) atoms. The van der Waals surface area contributed by atoms with Crippen LogP contribution in [0.25, 0.3) is 0 Å². The van der Waals surface area contributed by atoms with Gasteiger partial charge in [-0.05, 0) is 25.0 Å². The van der Waals surface area contributed by atoms with Crippen LogP contribution < -0.4 is 4.72 Å². The summed E-state index contributed by atoms with van der Waals surface area (Å²) in [4.78, 5) is 9.14. The molecule has 0 saturated carbocycles. The summed E-state index contributed by atoms with van der Waals surface area (Å²) in [6.45, 7) is 0.830. The van der Waals surface area contributed by atoms with Crippen molar-refractivity contribution in [1.29, 1.82) is 0 Å². The van der Waals surface area contributed by atoms with Crippen molar-refractivity contribution in [2.75, 3.05) is 13.2 Å². The first kappa shape index (κ1) is 14.8. The maximum Gasteiger partial charge on any atom is 0.324 e. The molecule has 1 fully saturated rings. The Bertz CT molecular complexity index is 613. The fourth-order valence-corrected chi connectivity index (χ4v) is 3.47. The van der Waals surface area contributed by atoms with Gasteiger partial charge in [0.2, 0.25) is 15.8 Å². The first-order chi connectivity index (χ1) is 9.42. The average molecular weight is 304 g/mol. The number of halogens is 1. The molecule has 0 unspecified atom stereocenters. The van der Waals surface area contributed by atoms with Crippen molar-refractivity contribution < 1.29 is 22.5 Å². The second-order valence-electron chi connectivity index (χ2n) is 4.35. The first-order valence-corrected chi connectivity index (χ1v) is 7.43. The lowest BCUT2D eigenvalue weighted by atomic mass is 10.1. The lowest BCUT2D eigenvalue weighted by molar-refractivity contribution is -0.390. The number of rotatable bonds is 4. The van der Waals surface area contributed by atoms with Gasteiger partial charge in [-0.25, -0.2) is 13.1 Å². The minimum absolute atomic E-state index is 0.364. The quantitative estimate of drug-likeness (QED) is 0.665. The van der Waals surface area contributed by atoms with Crippen molar-refractivity contribution in [2.45, 2.75) is 23.8 Å². The van der Waals surface area contributed by atoms with Gasteiger partial charge in [0.15, 0.2) is 4.90 Å². The van der Waals surface area contributed by atoms with Crippen LogP contribution in [0.3, 0.4) is 0 Å². The largest absolute Gasteiger partial charge is 0.381 e. The van der Waals surface area contributed by atoms with E-state index in [1.54, 1.807) is 0 Å². The topological polar surface area (TPSA) is 98.5 Å². The molecule has 7 nitrogen and oxygen atoms in total. The van der Waals surface area contributed by atoms with E-state index in [4.69, 9.17) is 4.74 Å². The zero-order valence-electron chi connectivity index (χ0n) is 10.4. The Morgan fingerprint density at radius 2 is 2.00 bits per heavy atom. The predicted octanol–water partition coefficient (Wildman–Crippen LogP) is 1.19. The molecule has 0 amide bonds. The van der Waals surface area contributed by atoms with Crippen molar-refractivity contribution in [3.63, 3.8) is 0 Å². The Kier molecular flexibility index (Phi) is 4.31. The predicted molar refractivity (Wildman–Crippen MR) is 67.2 cm³/mol. The van der Waals surface area contributed by atoms with Crippen LogP contribution in [-0.4, -0.2) is 32.6 Å². The molecule has 1 aliphatic heterocycles. The molecule has 110 valence electrons. The van der Waals surface area contributed by atoms with Crippen LogP contribution in [0.1, 0.15) is 12.8 Å². The molecule has 0 aromatic heterocycles. The highest BCUT2D eigenvalue weighted by Crippen LogP contribution is 2.27. The van der Waals surface area contributed by atoms with Crippen molar-refractivity contribution >= 4 is 15.7 Å². The third-order valence-electron chi connectivity index (χ3n) is 2.96. The van der Waals surface area contributed by atoms with Gasteiger partial charge in [-0.2, -0.15) is 4.39 Å². The standard InChI is InChI=1S/C11H13FN2O5S/c12-9-2-1-3-10(11(9)14(15)16)20(17,18)13-8-4-6-19-7-5-8/h1-3,8,13H,4-7H2. The first-order valence-electron chi connectivity index (χ1n) is 5.95. The van der Waals surface area contributed by atoms with Crippen LogP contribution in [0.15, 0.2) is 23.1 Å². The minimum Gasteiger partial charge on any atom is -0.381 e. The number of nitrogens with one attached hydrogen (secondary N) is 1. The molecular weight excluding hydrogens is 291 g/mol. The molecule has 1 aromatic rings. The highest BCUT2D eigenvalue weighted by Gasteiger charge is 2.31. The van der Waals surface area contributed by atoms with Gasteiger partial charge in [0.1, 0.15) is 0 Å². The molecule has 0 spiro atoms. The molecule has 0 atom stereocenters. The Labute approximate surface area is 114 Å². The fraction of sp³-hybridized carbons (Fsp3) is 0.455. The lowest BCUT2D eigenvalue weighted by Crippen LogP contribution is -2.39. The Hall–Kier alpha value is -1.58. The molecule has 1 saturated heterocycles. The van der Waals surface area contributed by atoms with E-state index in [1.165, 1.54) is 0 Å². The number of ether oxygens (including phenoxy) is 1. The zero-order chi connectivity index (χ0) is 14.8. The van der Waals surface area contributed by atoms with Crippen LogP contribution in [0, 0.1) is 15.9 Å². The molecule has 1 heterocycles. The second kappa shape index (κ2) is 5.81. The molecule has 1 aliphatic rings. The third-order valence-corrected chi connectivity index (χ3v) is 4.52. The summed E-state index contributed by atoms with van der Waals surface area (Å²) in [7, 11) is -4.15. The average Bonchev–Trinajstić information content (AvgIpc) is 2.38. The van der Waals surface area contributed by atoms with E-state index in [2.05, 4.69) is 4.72 Å². The van der Waals surface area contributed by atoms with Crippen LogP contribution in [0.2, 0.25) is 0 Å². The van der Waals surface area contributed by atoms with Gasteiger partial charge < -0.3 is 4.74 Å². The summed E-state index contributed by atoms with van der Waals surface area (Å²) in [5.74, 6) is -1.18. The monoisotopic (exact) mass is 304 g/mol. The number of para-hydroxylation sites is 1. The zero-order valence-corrected chi connectivity index (χ0v) is 11.2. The van der Waals surface area contributed by atoms with Crippen molar-refractivity contribution in [3.8, 4) is 0 Å². The van der Waals surface area contributed by atoms with Gasteiger partial charge in [-0.15, -0.1) is 0 Å². The molecule has 0 aliphatic carbocycles. The molecule has 1 aromatic carbocycles. The number of hydrogen-bond donors (Lipinski definition) is 1. The normalized spacial score (nSPS) is 17.1. The number of hydrogen-bond acceptors (Lipinski definition) is 5. The molecular formula is C11H13FN2O5S. The molecule has 2 rings (SSSR count). The highest BCUT2D eigenvalue weighted by molar-refractivity contribution is 7.89. The molecule has 0 bridgehead atoms. The fourth-order valence-electron chi connectivity index (χ4n) is 1.99. The Morgan fingerprint density at radius 3 is 2.60 bits per heavy atom. The van der Waals surface area contributed by atoms with Crippen molar-refractivity contribution in [3.05, 3.63) is 34.1 Å². The van der Waals surface area contributed by atoms with Crippen LogP contribution in [0.4, 0.5) is 10.1 Å². The van der Waals surface area contributed by atoms with Gasteiger partial charge in [0.25, 0.3) is 0 Å². The van der Waals surface area contributed by atoms with Gasteiger partial charge in [0.05, 0.1) is 4.92 Å². The molecule has 9 heteroatoms. The van der Waals surface area contributed by atoms with Crippen molar-refractivity contribution in [2.24, 2.45) is 0 Å². The summed E-state index contributed by atoms with van der Waals surface area (Å²) < 4.78 is 45.2. The van der Waals surface area contributed by atoms with Crippen LogP contribution >= 0.6 is 0 Å². The summed E-state index contributed by atoms with van der Waals surface area (Å²) >= 11 is 0. The van der Waals surface area contributed by atoms with Crippen LogP contribution in [-0.2, 0) is 14.8 Å². The highest BCUT2D eigenvalue weighted by atomic mass is 32.2. The number of nitro groups is 1. The van der Waals surface area contributed by atoms with Crippen molar-refractivity contribution in [1.82, 2.24) is 4.72 Å². The Balaban J connectivity index is 2.34. The van der Waals surface area contributed by atoms with E-state index in [9.17, 15) is 22.9 Å². The van der Waals surface area contributed by atoms with Gasteiger partial charge >= 0.3 is 5.69 Å². The van der Waals surface area contributed by atoms with Crippen LogP contribution in [0.5, 0.6) is 0 Å². The van der Waals surface area contributed by atoms with Gasteiger partial charge in [-0.1, -0.05) is 6.07 Å². The minimum atomic E-state index is -4.15. The molecule has 1 N–H and O–H groups in total. The molecule has 0 radical (unpaired) electrons. The van der Waals surface area contributed by atoms with E-state index >= 15 is 0 Å². The summed E-state index contributed by atoms with van der Waals surface area (Å²) in [6, 6.07) is 2.63. The summed E-state index contributed by atoms with van der Waals surface area (Å²) in [5.41, 5.74) is -1.04. The maximum absolute atomic E-state index is 13.5. The summed E-state index contributed by atoms with van der Waals surface area (Å²) in [6.07, 6.45) is 0.949. The second-order valence-corrected chi connectivity index (χ2v) is 6.03. The van der Waals surface area contributed by atoms with E-state index in [0.29, 0.717) is 26.1 Å². The summed E-state index contributed by atoms with van der Waals surface area (Å²) in [5, 5.41) is 10.8. The SMILES string of the molecule is O=[N+]([O-])c1c(F)cccc1S(=O)(=O)NC1CCOCC1. The smallest absolute Gasteiger partial charge is 0.324 e. The van der Waals surface area contributed by atoms with E-state index in [-0.39, 0.29) is 6.04 Å². The van der Waals surface area contributed by atoms with E-state index in [1.807, 2.05) is 0 Å². The maximum atomic E-state index is 13.5. The third kappa shape index (κ3) is 3.11. The van der Waals surface area contributed by atoms with Gasteiger partial charge in [0, 0.05) is 19.3 Å². The number of sulfonamides is 1. The van der Waals surface area contributed by atoms with E-state index in [0.717, 1.165) is 18.2 Å². The Morgan fingerprint density at radius 1 is 1.35 bits per heavy atom. The number of benzene rings is 1. The number of nitro benzene ring substituents is 1. The lowest BCUT2D eigenvalue weighted by Gasteiger charge is -2.22.